The molecule has 1 aliphatic carbocycles. The predicted molar refractivity (Wildman–Crippen MR) is 73.5 cm³/mol. The Morgan fingerprint density at radius 3 is 2.61 bits per heavy atom. The number of likely N-dealkylation sites (N-methyl/N-ethyl adjacent to an activating group) is 1. The topological polar surface area (TPSA) is 62.4 Å². The molecule has 0 aromatic carbocycles. The highest BCUT2D eigenvalue weighted by atomic mass is 35.5. The van der Waals surface area contributed by atoms with E-state index in [0.717, 1.165) is 25.7 Å². The van der Waals surface area contributed by atoms with Crippen molar-refractivity contribution in [2.24, 2.45) is 0 Å². The van der Waals surface area contributed by atoms with Gasteiger partial charge in [-0.1, -0.05) is 24.4 Å². The third-order valence-corrected chi connectivity index (χ3v) is 4.29. The number of aliphatic hydroxyl groups is 1. The Balaban J connectivity index is 2.39. The third kappa shape index (κ3) is 2.20. The number of aromatic nitrogens is 1. The van der Waals surface area contributed by atoms with Gasteiger partial charge in [0.25, 0.3) is 0 Å². The average molecular weight is 270 g/mol. The van der Waals surface area contributed by atoms with Crippen LogP contribution < -0.4 is 5.73 Å². The summed E-state index contributed by atoms with van der Waals surface area (Å²) in [6.07, 6.45) is 5.04. The maximum absolute atomic E-state index is 10.7. The van der Waals surface area contributed by atoms with E-state index >= 15 is 0 Å². The van der Waals surface area contributed by atoms with Crippen molar-refractivity contribution >= 4 is 17.4 Å². The summed E-state index contributed by atoms with van der Waals surface area (Å²) in [6, 6.07) is 1.72. The third-order valence-electron chi connectivity index (χ3n) is 4.08. The van der Waals surface area contributed by atoms with Crippen LogP contribution in [0.2, 0.25) is 5.02 Å². The summed E-state index contributed by atoms with van der Waals surface area (Å²) >= 11 is 5.95. The number of aliphatic hydroxyl groups excluding tert-OH is 1. The summed E-state index contributed by atoms with van der Waals surface area (Å²) in [5.41, 5.74) is 6.26. The number of nitrogens with two attached hydrogens (primary N) is 1. The van der Waals surface area contributed by atoms with Crippen molar-refractivity contribution in [2.45, 2.75) is 37.3 Å². The van der Waals surface area contributed by atoms with Crippen LogP contribution in [-0.2, 0) is 0 Å². The number of hydrogen-bond donors (Lipinski definition) is 2. The summed E-state index contributed by atoms with van der Waals surface area (Å²) in [7, 11) is 4.01. The van der Waals surface area contributed by atoms with E-state index in [1.165, 1.54) is 6.20 Å². The van der Waals surface area contributed by atoms with Crippen LogP contribution in [0.5, 0.6) is 0 Å². The molecule has 1 aromatic rings. The minimum atomic E-state index is -0.652. The molecular formula is C13H20ClN3O. The van der Waals surface area contributed by atoms with Gasteiger partial charge in [0, 0.05) is 11.8 Å². The molecule has 0 amide bonds. The maximum Gasteiger partial charge on any atom is 0.129 e. The highest BCUT2D eigenvalue weighted by molar-refractivity contribution is 6.30. The Hall–Kier alpha value is -0.840. The van der Waals surface area contributed by atoms with E-state index in [2.05, 4.69) is 9.88 Å². The molecule has 1 saturated carbocycles. The van der Waals surface area contributed by atoms with E-state index in [0.29, 0.717) is 16.4 Å². The first-order valence-corrected chi connectivity index (χ1v) is 6.61. The van der Waals surface area contributed by atoms with Gasteiger partial charge in [0.1, 0.15) is 11.9 Å². The first kappa shape index (κ1) is 13.6. The smallest absolute Gasteiger partial charge is 0.129 e. The predicted octanol–water partition coefficient (Wildman–Crippen LogP) is 2.22. The molecular weight excluding hydrogens is 250 g/mol. The zero-order valence-corrected chi connectivity index (χ0v) is 11.6. The number of rotatable bonds is 3. The lowest BCUT2D eigenvalue weighted by Gasteiger charge is -2.40. The van der Waals surface area contributed by atoms with Gasteiger partial charge >= 0.3 is 0 Å². The second-order valence-electron chi connectivity index (χ2n) is 5.24. The number of nitrogen functional groups attached to an aromatic ring is 1. The number of nitrogens with zero attached hydrogens (tertiary/aromatic N) is 2. The molecule has 0 spiro atoms. The van der Waals surface area contributed by atoms with Crippen molar-refractivity contribution in [1.82, 2.24) is 9.88 Å². The van der Waals surface area contributed by atoms with Crippen molar-refractivity contribution in [3.63, 3.8) is 0 Å². The van der Waals surface area contributed by atoms with Crippen LogP contribution in [0.15, 0.2) is 12.3 Å². The Bertz CT molecular complexity index is 430. The van der Waals surface area contributed by atoms with Gasteiger partial charge in [-0.3, -0.25) is 0 Å². The molecule has 0 bridgehead atoms. The van der Waals surface area contributed by atoms with Crippen molar-refractivity contribution in [3.8, 4) is 0 Å². The summed E-state index contributed by atoms with van der Waals surface area (Å²) in [5, 5.41) is 11.2. The number of pyridine rings is 1. The van der Waals surface area contributed by atoms with E-state index in [1.54, 1.807) is 6.07 Å². The largest absolute Gasteiger partial charge is 0.386 e. The molecule has 3 N–H and O–H groups in total. The van der Waals surface area contributed by atoms with Gasteiger partial charge in [0.05, 0.1) is 10.6 Å². The lowest BCUT2D eigenvalue weighted by atomic mass is 9.85. The molecule has 1 aromatic heterocycles. The number of hydrogen-bond acceptors (Lipinski definition) is 4. The van der Waals surface area contributed by atoms with Gasteiger partial charge in [-0.25, -0.2) is 4.98 Å². The normalized spacial score (nSPS) is 20.3. The molecule has 0 saturated heterocycles. The van der Waals surface area contributed by atoms with Crippen molar-refractivity contribution in [1.29, 1.82) is 0 Å². The average Bonchev–Trinajstić information content (AvgIpc) is 2.82. The van der Waals surface area contributed by atoms with E-state index in [4.69, 9.17) is 17.3 Å². The fraction of sp³-hybridized carbons (Fsp3) is 0.615. The first-order valence-electron chi connectivity index (χ1n) is 6.24. The lowest BCUT2D eigenvalue weighted by Crippen LogP contribution is -2.47. The monoisotopic (exact) mass is 269 g/mol. The SMILES string of the molecule is CN(C)C1(C(O)c2cc(Cl)cnc2N)CCCC1. The molecule has 2 rings (SSSR count). The molecule has 4 nitrogen and oxygen atoms in total. The summed E-state index contributed by atoms with van der Waals surface area (Å²) < 4.78 is 0. The minimum Gasteiger partial charge on any atom is -0.386 e. The number of anilines is 1. The zero-order valence-electron chi connectivity index (χ0n) is 10.9. The first-order chi connectivity index (χ1) is 8.47. The van der Waals surface area contributed by atoms with Gasteiger partial charge in [0.15, 0.2) is 0 Å². The minimum absolute atomic E-state index is 0.250. The highest BCUT2D eigenvalue weighted by Crippen LogP contribution is 2.44. The molecule has 0 aliphatic heterocycles. The fourth-order valence-corrected chi connectivity index (χ4v) is 3.09. The van der Waals surface area contributed by atoms with Crippen molar-refractivity contribution < 1.29 is 5.11 Å². The molecule has 1 unspecified atom stereocenters. The van der Waals surface area contributed by atoms with Crippen LogP contribution in [0.4, 0.5) is 5.82 Å². The molecule has 0 radical (unpaired) electrons. The van der Waals surface area contributed by atoms with Crippen LogP contribution in [0.25, 0.3) is 0 Å². The Morgan fingerprint density at radius 2 is 2.06 bits per heavy atom. The maximum atomic E-state index is 10.7. The molecule has 100 valence electrons. The number of halogens is 1. The van der Waals surface area contributed by atoms with Crippen LogP contribution in [0, 0.1) is 0 Å². The van der Waals surface area contributed by atoms with Gasteiger partial charge in [0.2, 0.25) is 0 Å². The van der Waals surface area contributed by atoms with Crippen LogP contribution in [0.1, 0.15) is 37.4 Å². The van der Waals surface area contributed by atoms with E-state index in [-0.39, 0.29) is 5.54 Å². The van der Waals surface area contributed by atoms with Crippen LogP contribution in [0.3, 0.4) is 0 Å². The van der Waals surface area contributed by atoms with Gasteiger partial charge in [-0.15, -0.1) is 0 Å². The van der Waals surface area contributed by atoms with Crippen molar-refractivity contribution in [2.75, 3.05) is 19.8 Å². The van der Waals surface area contributed by atoms with Gasteiger partial charge in [-0.05, 0) is 33.0 Å². The van der Waals surface area contributed by atoms with Gasteiger partial charge in [-0.2, -0.15) is 0 Å². The van der Waals surface area contributed by atoms with Crippen LogP contribution in [-0.4, -0.2) is 34.6 Å². The van der Waals surface area contributed by atoms with Crippen LogP contribution >= 0.6 is 11.6 Å². The van der Waals surface area contributed by atoms with E-state index in [9.17, 15) is 5.11 Å². The second-order valence-corrected chi connectivity index (χ2v) is 5.67. The standard InChI is InChI=1S/C13H20ClN3O/c1-17(2)13(5-3-4-6-13)11(18)10-7-9(14)8-16-12(10)15/h7-8,11,18H,3-6H2,1-2H3,(H2,15,16). The molecule has 1 heterocycles. The Labute approximate surface area is 113 Å². The quantitative estimate of drug-likeness (QED) is 0.883. The molecule has 1 atom stereocenters. The molecule has 1 aliphatic rings. The fourth-order valence-electron chi connectivity index (χ4n) is 2.93. The summed E-state index contributed by atoms with van der Waals surface area (Å²) in [6.45, 7) is 0. The van der Waals surface area contributed by atoms with Crippen molar-refractivity contribution in [3.05, 3.63) is 22.8 Å². The molecule has 18 heavy (non-hydrogen) atoms. The highest BCUT2D eigenvalue weighted by Gasteiger charge is 2.44. The Morgan fingerprint density at radius 1 is 1.44 bits per heavy atom. The summed E-state index contributed by atoms with van der Waals surface area (Å²) in [5.74, 6) is 0.361. The zero-order chi connectivity index (χ0) is 13.3. The Kier molecular flexibility index (Phi) is 3.80. The summed E-state index contributed by atoms with van der Waals surface area (Å²) in [4.78, 5) is 6.13. The lowest BCUT2D eigenvalue weighted by molar-refractivity contribution is -0.00445. The van der Waals surface area contributed by atoms with E-state index in [1.807, 2.05) is 14.1 Å². The molecule has 5 heteroatoms. The molecule has 1 fully saturated rings. The second kappa shape index (κ2) is 5.03. The van der Waals surface area contributed by atoms with E-state index < -0.39 is 6.10 Å². The van der Waals surface area contributed by atoms with Gasteiger partial charge < -0.3 is 15.7 Å².